The Kier molecular flexibility index (Phi) is 5.43. The fraction of sp³-hybridized carbons (Fsp3) is 0.150. The summed E-state index contributed by atoms with van der Waals surface area (Å²) in [5, 5.41) is 7.08. The van der Waals surface area contributed by atoms with Crippen LogP contribution in [0.1, 0.15) is 18.2 Å². The van der Waals surface area contributed by atoms with Crippen molar-refractivity contribution in [2.75, 3.05) is 5.32 Å². The van der Waals surface area contributed by atoms with Gasteiger partial charge in [0.25, 0.3) is 0 Å². The van der Waals surface area contributed by atoms with Gasteiger partial charge in [-0.2, -0.15) is 5.10 Å². The van der Waals surface area contributed by atoms with Gasteiger partial charge in [-0.15, -0.1) is 0 Å². The summed E-state index contributed by atoms with van der Waals surface area (Å²) in [5.41, 5.74) is 3.15. The van der Waals surface area contributed by atoms with Crippen LogP contribution in [-0.2, 0) is 27.4 Å². The molecule has 0 spiro atoms. The molecule has 3 aromatic rings. The minimum atomic E-state index is -0.327. The number of anilines is 1. The van der Waals surface area contributed by atoms with Crippen molar-refractivity contribution in [3.8, 4) is 5.69 Å². The molecule has 0 saturated heterocycles. The lowest BCUT2D eigenvalue weighted by molar-refractivity contribution is -0.144. The highest BCUT2D eigenvalue weighted by molar-refractivity contribution is 5.88. The third-order valence-corrected chi connectivity index (χ3v) is 3.67. The second-order valence-corrected chi connectivity index (χ2v) is 5.80. The molecule has 1 N–H and O–H groups in total. The van der Waals surface area contributed by atoms with Crippen LogP contribution in [0.3, 0.4) is 0 Å². The van der Waals surface area contributed by atoms with E-state index in [2.05, 4.69) is 10.4 Å². The van der Waals surface area contributed by atoms with Gasteiger partial charge in [0.05, 0.1) is 12.1 Å². The fourth-order valence-corrected chi connectivity index (χ4v) is 2.44. The average molecular weight is 349 g/mol. The van der Waals surface area contributed by atoms with Gasteiger partial charge in [0.1, 0.15) is 12.3 Å². The first-order valence-corrected chi connectivity index (χ1v) is 8.22. The molecule has 0 radical (unpaired) electrons. The van der Waals surface area contributed by atoms with Crippen molar-refractivity contribution in [1.29, 1.82) is 0 Å². The summed E-state index contributed by atoms with van der Waals surface area (Å²) in [4.78, 5) is 23.0. The molecule has 0 aliphatic rings. The summed E-state index contributed by atoms with van der Waals surface area (Å²) in [6.07, 6.45) is 2.00. The first-order chi connectivity index (χ1) is 12.6. The Morgan fingerprint density at radius 1 is 1.04 bits per heavy atom. The highest BCUT2D eigenvalue weighted by atomic mass is 16.5. The summed E-state index contributed by atoms with van der Waals surface area (Å²) in [6.45, 7) is 1.58. The first-order valence-electron chi connectivity index (χ1n) is 8.22. The van der Waals surface area contributed by atoms with Crippen molar-refractivity contribution in [3.63, 3.8) is 0 Å². The Bertz CT molecular complexity index is 886. The van der Waals surface area contributed by atoms with E-state index >= 15 is 0 Å². The Morgan fingerprint density at radius 3 is 2.46 bits per heavy atom. The Balaban J connectivity index is 1.51. The van der Waals surface area contributed by atoms with Crippen LogP contribution in [0.15, 0.2) is 66.9 Å². The number of benzene rings is 2. The molecule has 0 fully saturated rings. The largest absolute Gasteiger partial charge is 0.459 e. The molecule has 0 bridgehead atoms. The predicted octanol–water partition coefficient (Wildman–Crippen LogP) is 3.12. The van der Waals surface area contributed by atoms with Crippen molar-refractivity contribution in [2.24, 2.45) is 0 Å². The molecule has 0 saturated carbocycles. The minimum Gasteiger partial charge on any atom is -0.459 e. The number of nitrogens with zero attached hydrogens (tertiary/aromatic N) is 2. The fourth-order valence-electron chi connectivity index (χ4n) is 2.44. The van der Waals surface area contributed by atoms with Gasteiger partial charge in [0.15, 0.2) is 0 Å². The average Bonchev–Trinajstić information content (AvgIpc) is 3.11. The van der Waals surface area contributed by atoms with E-state index < -0.39 is 0 Å². The number of nitrogens with one attached hydrogen (secondary N) is 1. The molecule has 2 aromatic carbocycles. The maximum absolute atomic E-state index is 12.0. The van der Waals surface area contributed by atoms with Crippen LogP contribution in [0.5, 0.6) is 0 Å². The second kappa shape index (κ2) is 8.11. The summed E-state index contributed by atoms with van der Waals surface area (Å²) >= 11 is 0. The van der Waals surface area contributed by atoms with Crippen LogP contribution in [0.4, 0.5) is 5.69 Å². The second-order valence-electron chi connectivity index (χ2n) is 5.80. The van der Waals surface area contributed by atoms with Gasteiger partial charge in [0.2, 0.25) is 5.91 Å². The lowest BCUT2D eigenvalue weighted by atomic mass is 10.1. The summed E-state index contributed by atoms with van der Waals surface area (Å²) in [6, 6.07) is 18.6. The number of esters is 1. The van der Waals surface area contributed by atoms with E-state index in [0.717, 1.165) is 11.3 Å². The number of rotatable bonds is 6. The van der Waals surface area contributed by atoms with E-state index in [1.807, 2.05) is 42.6 Å². The zero-order valence-electron chi connectivity index (χ0n) is 14.4. The molecule has 6 nitrogen and oxygen atoms in total. The molecule has 0 atom stereocenters. The number of hydrogen-bond acceptors (Lipinski definition) is 4. The van der Waals surface area contributed by atoms with E-state index in [0.29, 0.717) is 11.4 Å². The van der Waals surface area contributed by atoms with E-state index in [1.165, 1.54) is 6.92 Å². The van der Waals surface area contributed by atoms with Crippen LogP contribution < -0.4 is 5.32 Å². The Morgan fingerprint density at radius 2 is 1.77 bits per heavy atom. The van der Waals surface area contributed by atoms with Gasteiger partial charge < -0.3 is 10.1 Å². The monoisotopic (exact) mass is 349 g/mol. The topological polar surface area (TPSA) is 73.2 Å². The molecule has 6 heteroatoms. The molecule has 1 amide bonds. The third kappa shape index (κ3) is 4.80. The van der Waals surface area contributed by atoms with Crippen molar-refractivity contribution in [3.05, 3.63) is 78.1 Å². The van der Waals surface area contributed by atoms with Gasteiger partial charge in [0, 0.05) is 18.8 Å². The zero-order valence-corrected chi connectivity index (χ0v) is 14.4. The van der Waals surface area contributed by atoms with Gasteiger partial charge in [-0.1, -0.05) is 30.3 Å². The number of carbonyl (C=O) groups is 2. The van der Waals surface area contributed by atoms with Crippen LogP contribution >= 0.6 is 0 Å². The summed E-state index contributed by atoms with van der Waals surface area (Å²) in [5.74, 6) is -0.460. The van der Waals surface area contributed by atoms with Crippen molar-refractivity contribution < 1.29 is 14.3 Å². The molecule has 0 aliphatic carbocycles. The van der Waals surface area contributed by atoms with E-state index in [1.54, 1.807) is 28.9 Å². The molecular weight excluding hydrogens is 330 g/mol. The van der Waals surface area contributed by atoms with E-state index in [-0.39, 0.29) is 24.9 Å². The molecule has 1 heterocycles. The molecule has 0 unspecified atom stereocenters. The number of ether oxygens (including phenoxy) is 1. The molecular formula is C20H19N3O3. The van der Waals surface area contributed by atoms with E-state index in [4.69, 9.17) is 4.74 Å². The molecule has 1 aromatic heterocycles. The Labute approximate surface area is 151 Å². The maximum atomic E-state index is 12.0. The van der Waals surface area contributed by atoms with Gasteiger partial charge in [-0.3, -0.25) is 9.59 Å². The van der Waals surface area contributed by atoms with Crippen LogP contribution in [0, 0.1) is 0 Å². The molecule has 132 valence electrons. The third-order valence-electron chi connectivity index (χ3n) is 3.67. The number of amides is 1. The predicted molar refractivity (Wildman–Crippen MR) is 97.8 cm³/mol. The van der Waals surface area contributed by atoms with Crippen molar-refractivity contribution in [1.82, 2.24) is 9.78 Å². The molecule has 26 heavy (non-hydrogen) atoms. The standard InChI is InChI=1S/C20H19N3O3/c1-15(24)21-17-9-7-16(8-10-17)13-20(25)26-14-18-11-12-23(22-18)19-5-3-2-4-6-19/h2-12H,13-14H2,1H3,(H,21,24). The van der Waals surface area contributed by atoms with Crippen molar-refractivity contribution in [2.45, 2.75) is 20.0 Å². The first kappa shape index (κ1) is 17.4. The van der Waals surface area contributed by atoms with Crippen LogP contribution in [0.2, 0.25) is 0 Å². The number of hydrogen-bond donors (Lipinski definition) is 1. The summed E-state index contributed by atoms with van der Waals surface area (Å²) in [7, 11) is 0. The summed E-state index contributed by atoms with van der Waals surface area (Å²) < 4.78 is 7.03. The van der Waals surface area contributed by atoms with Crippen LogP contribution in [-0.4, -0.2) is 21.7 Å². The normalized spacial score (nSPS) is 10.3. The maximum Gasteiger partial charge on any atom is 0.310 e. The lowest BCUT2D eigenvalue weighted by Crippen LogP contribution is -2.09. The lowest BCUT2D eigenvalue weighted by Gasteiger charge is -2.05. The number of carbonyl (C=O) groups excluding carboxylic acids is 2. The SMILES string of the molecule is CC(=O)Nc1ccc(CC(=O)OCc2ccn(-c3ccccc3)n2)cc1. The highest BCUT2D eigenvalue weighted by Crippen LogP contribution is 2.11. The van der Waals surface area contributed by atoms with Gasteiger partial charge >= 0.3 is 5.97 Å². The van der Waals surface area contributed by atoms with Crippen LogP contribution in [0.25, 0.3) is 5.69 Å². The van der Waals surface area contributed by atoms with E-state index in [9.17, 15) is 9.59 Å². The number of aromatic nitrogens is 2. The number of para-hydroxylation sites is 1. The van der Waals surface area contributed by atoms with Gasteiger partial charge in [-0.25, -0.2) is 4.68 Å². The highest BCUT2D eigenvalue weighted by Gasteiger charge is 2.08. The van der Waals surface area contributed by atoms with Gasteiger partial charge in [-0.05, 0) is 35.9 Å². The zero-order chi connectivity index (χ0) is 18.4. The minimum absolute atomic E-state index is 0.128. The molecule has 3 rings (SSSR count). The van der Waals surface area contributed by atoms with Crippen molar-refractivity contribution >= 4 is 17.6 Å². The quantitative estimate of drug-likeness (QED) is 0.694. The Hall–Kier alpha value is -3.41. The molecule has 0 aliphatic heterocycles. The smallest absolute Gasteiger partial charge is 0.310 e.